The lowest BCUT2D eigenvalue weighted by Crippen LogP contribution is -2.40. The number of rotatable bonds is 3. The van der Waals surface area contributed by atoms with Gasteiger partial charge in [-0.25, -0.2) is 9.97 Å². The highest BCUT2D eigenvalue weighted by atomic mass is 16.1. The number of carbonyl (C=O) groups is 1. The smallest absolute Gasteiger partial charge is 0.222 e. The Hall–Kier alpha value is -2.24. The van der Waals surface area contributed by atoms with Crippen molar-refractivity contribution in [3.63, 3.8) is 0 Å². The third-order valence-corrected chi connectivity index (χ3v) is 3.80. The van der Waals surface area contributed by atoms with Crippen molar-refractivity contribution in [1.29, 1.82) is 0 Å². The maximum atomic E-state index is 11.5. The Morgan fingerprint density at radius 3 is 2.85 bits per heavy atom. The molecule has 6 heteroatoms. The highest BCUT2D eigenvalue weighted by Gasteiger charge is 2.29. The lowest BCUT2D eigenvalue weighted by Gasteiger charge is -2.30. The number of aromatic nitrogens is 3. The van der Waals surface area contributed by atoms with Crippen LogP contribution in [0.15, 0.2) is 24.5 Å². The molecular formula is C14H17N5O. The first kappa shape index (κ1) is 12.8. The van der Waals surface area contributed by atoms with Gasteiger partial charge < -0.3 is 11.1 Å². The van der Waals surface area contributed by atoms with E-state index in [0.29, 0.717) is 5.65 Å². The van der Waals surface area contributed by atoms with Gasteiger partial charge in [0.15, 0.2) is 5.65 Å². The van der Waals surface area contributed by atoms with Gasteiger partial charge in [-0.3, -0.25) is 9.78 Å². The molecule has 104 valence electrons. The molecule has 0 saturated heterocycles. The van der Waals surface area contributed by atoms with E-state index in [1.54, 1.807) is 12.4 Å². The zero-order chi connectivity index (χ0) is 13.9. The first-order chi connectivity index (χ1) is 9.74. The quantitative estimate of drug-likeness (QED) is 0.881. The van der Waals surface area contributed by atoms with E-state index in [1.807, 2.05) is 12.1 Å². The predicted molar refractivity (Wildman–Crippen MR) is 75.9 cm³/mol. The second kappa shape index (κ2) is 5.40. The maximum absolute atomic E-state index is 11.5. The summed E-state index contributed by atoms with van der Waals surface area (Å²) in [6, 6.07) is 3.80. The molecule has 0 aromatic carbocycles. The number of nitrogens with zero attached hydrogens (tertiary/aromatic N) is 3. The number of hydrogen-bond donors (Lipinski definition) is 2. The van der Waals surface area contributed by atoms with Crippen LogP contribution in [0.1, 0.15) is 25.7 Å². The summed E-state index contributed by atoms with van der Waals surface area (Å²) < 4.78 is 0. The van der Waals surface area contributed by atoms with Crippen molar-refractivity contribution in [2.24, 2.45) is 11.7 Å². The molecule has 3 rings (SSSR count). The molecule has 6 nitrogen and oxygen atoms in total. The summed E-state index contributed by atoms with van der Waals surface area (Å²) in [6.45, 7) is 0. The molecule has 20 heavy (non-hydrogen) atoms. The summed E-state index contributed by atoms with van der Waals surface area (Å²) in [6.07, 6.45) is 7.21. The molecule has 1 aliphatic rings. The van der Waals surface area contributed by atoms with Gasteiger partial charge in [-0.1, -0.05) is 12.8 Å². The van der Waals surface area contributed by atoms with Crippen molar-refractivity contribution in [3.05, 3.63) is 24.5 Å². The van der Waals surface area contributed by atoms with Crippen LogP contribution in [0.4, 0.5) is 5.82 Å². The van der Waals surface area contributed by atoms with Crippen LogP contribution in [0, 0.1) is 5.92 Å². The SMILES string of the molecule is NC(=O)[C@@H]1CCCC[C@@H]1Nc1ccc2nccnc2n1. The number of fused-ring (bicyclic) bond motifs is 1. The predicted octanol–water partition coefficient (Wildman–Crippen LogP) is 1.48. The summed E-state index contributed by atoms with van der Waals surface area (Å²) in [5.74, 6) is 0.363. The molecule has 3 N–H and O–H groups in total. The van der Waals surface area contributed by atoms with Crippen molar-refractivity contribution >= 4 is 22.9 Å². The van der Waals surface area contributed by atoms with E-state index in [9.17, 15) is 4.79 Å². The van der Waals surface area contributed by atoms with E-state index < -0.39 is 0 Å². The number of primary amides is 1. The maximum Gasteiger partial charge on any atom is 0.222 e. The van der Waals surface area contributed by atoms with E-state index in [-0.39, 0.29) is 17.9 Å². The van der Waals surface area contributed by atoms with Crippen molar-refractivity contribution in [2.45, 2.75) is 31.7 Å². The molecule has 2 heterocycles. The second-order valence-electron chi connectivity index (χ2n) is 5.14. The van der Waals surface area contributed by atoms with Gasteiger partial charge in [0.25, 0.3) is 0 Å². The topological polar surface area (TPSA) is 93.8 Å². The Kier molecular flexibility index (Phi) is 3.45. The highest BCUT2D eigenvalue weighted by molar-refractivity contribution is 5.78. The molecule has 1 fully saturated rings. The van der Waals surface area contributed by atoms with Crippen LogP contribution in [0.25, 0.3) is 11.2 Å². The number of anilines is 1. The van der Waals surface area contributed by atoms with Crippen LogP contribution in [0.3, 0.4) is 0 Å². The number of amides is 1. The normalized spacial score (nSPS) is 22.6. The van der Waals surface area contributed by atoms with E-state index in [1.165, 1.54) is 0 Å². The lowest BCUT2D eigenvalue weighted by atomic mass is 9.84. The first-order valence-electron chi connectivity index (χ1n) is 6.87. The van der Waals surface area contributed by atoms with Gasteiger partial charge in [0.05, 0.1) is 5.92 Å². The third kappa shape index (κ3) is 2.54. The summed E-state index contributed by atoms with van der Waals surface area (Å²) in [7, 11) is 0. The van der Waals surface area contributed by atoms with Crippen molar-refractivity contribution in [3.8, 4) is 0 Å². The molecule has 2 aromatic rings. The minimum absolute atomic E-state index is 0.0582. The van der Waals surface area contributed by atoms with E-state index in [4.69, 9.17) is 5.73 Å². The van der Waals surface area contributed by atoms with Gasteiger partial charge in [0.2, 0.25) is 5.91 Å². The van der Waals surface area contributed by atoms with Crippen molar-refractivity contribution in [1.82, 2.24) is 15.0 Å². The summed E-state index contributed by atoms with van der Waals surface area (Å²) in [5.41, 5.74) is 6.84. The molecule has 2 aromatic heterocycles. The molecular weight excluding hydrogens is 254 g/mol. The van der Waals surface area contributed by atoms with Crippen LogP contribution in [0.5, 0.6) is 0 Å². The van der Waals surface area contributed by atoms with Crippen LogP contribution >= 0.6 is 0 Å². The standard InChI is InChI=1S/C14H17N5O/c15-13(20)9-3-1-2-4-10(9)18-12-6-5-11-14(19-12)17-8-7-16-11/h5-10H,1-4H2,(H2,15,20)(H,17,18,19)/t9-,10+/m1/s1. The van der Waals surface area contributed by atoms with Crippen LogP contribution in [-0.4, -0.2) is 26.9 Å². The lowest BCUT2D eigenvalue weighted by molar-refractivity contribution is -0.122. The minimum atomic E-state index is -0.234. The summed E-state index contributed by atoms with van der Waals surface area (Å²) >= 11 is 0. The number of hydrogen-bond acceptors (Lipinski definition) is 5. The Morgan fingerprint density at radius 2 is 2.00 bits per heavy atom. The fraction of sp³-hybridized carbons (Fsp3) is 0.429. The molecule has 2 atom stereocenters. The second-order valence-corrected chi connectivity index (χ2v) is 5.14. The van der Waals surface area contributed by atoms with E-state index in [0.717, 1.165) is 37.0 Å². The Balaban J connectivity index is 1.82. The molecule has 0 radical (unpaired) electrons. The Morgan fingerprint density at radius 1 is 1.20 bits per heavy atom. The monoisotopic (exact) mass is 271 g/mol. The molecule has 1 amide bonds. The largest absolute Gasteiger partial charge is 0.369 e. The summed E-state index contributed by atoms with van der Waals surface area (Å²) in [4.78, 5) is 24.3. The average Bonchev–Trinajstić information content (AvgIpc) is 2.47. The van der Waals surface area contributed by atoms with Gasteiger partial charge in [-0.15, -0.1) is 0 Å². The van der Waals surface area contributed by atoms with Crippen LogP contribution < -0.4 is 11.1 Å². The van der Waals surface area contributed by atoms with Gasteiger partial charge in [0, 0.05) is 18.4 Å². The van der Waals surface area contributed by atoms with Crippen molar-refractivity contribution in [2.75, 3.05) is 5.32 Å². The first-order valence-corrected chi connectivity index (χ1v) is 6.87. The zero-order valence-electron chi connectivity index (χ0n) is 11.1. The van der Waals surface area contributed by atoms with Gasteiger partial charge in [-0.2, -0.15) is 0 Å². The van der Waals surface area contributed by atoms with Crippen molar-refractivity contribution < 1.29 is 4.79 Å². The van der Waals surface area contributed by atoms with E-state index >= 15 is 0 Å². The summed E-state index contributed by atoms with van der Waals surface area (Å²) in [5, 5.41) is 3.32. The van der Waals surface area contributed by atoms with Gasteiger partial charge >= 0.3 is 0 Å². The fourth-order valence-electron chi connectivity index (χ4n) is 2.77. The van der Waals surface area contributed by atoms with Gasteiger partial charge in [-0.05, 0) is 25.0 Å². The number of carbonyl (C=O) groups excluding carboxylic acids is 1. The molecule has 0 spiro atoms. The minimum Gasteiger partial charge on any atom is -0.369 e. The third-order valence-electron chi connectivity index (χ3n) is 3.80. The molecule has 0 aliphatic heterocycles. The van der Waals surface area contributed by atoms with Gasteiger partial charge in [0.1, 0.15) is 11.3 Å². The Labute approximate surface area is 116 Å². The zero-order valence-corrected chi connectivity index (χ0v) is 11.1. The molecule has 0 unspecified atom stereocenters. The average molecular weight is 271 g/mol. The Bertz CT molecular complexity index is 630. The highest BCUT2D eigenvalue weighted by Crippen LogP contribution is 2.26. The number of nitrogens with one attached hydrogen (secondary N) is 1. The van der Waals surface area contributed by atoms with Crippen LogP contribution in [0.2, 0.25) is 0 Å². The van der Waals surface area contributed by atoms with Crippen LogP contribution in [-0.2, 0) is 4.79 Å². The fourth-order valence-corrected chi connectivity index (χ4v) is 2.77. The number of nitrogens with two attached hydrogens (primary N) is 1. The van der Waals surface area contributed by atoms with E-state index in [2.05, 4.69) is 20.3 Å². The molecule has 0 bridgehead atoms. The number of pyridine rings is 1. The molecule has 1 saturated carbocycles. The molecule has 1 aliphatic carbocycles.